The van der Waals surface area contributed by atoms with Gasteiger partial charge in [-0.2, -0.15) is 0 Å². The molecule has 0 amide bonds. The summed E-state index contributed by atoms with van der Waals surface area (Å²) in [5, 5.41) is 41.9. The molecule has 0 aliphatic carbocycles. The minimum atomic E-state index is -0.581. The van der Waals surface area contributed by atoms with E-state index in [1.165, 1.54) is 17.7 Å². The molecule has 0 aliphatic rings. The third-order valence-corrected chi connectivity index (χ3v) is 5.86. The van der Waals surface area contributed by atoms with Crippen molar-refractivity contribution in [2.75, 3.05) is 0 Å². The Morgan fingerprint density at radius 1 is 0.794 bits per heavy atom. The topological polar surface area (TPSA) is 111 Å². The Morgan fingerprint density at radius 2 is 1.44 bits per heavy atom. The minimum Gasteiger partial charge on any atom is -0.504 e. The highest BCUT2D eigenvalue weighted by molar-refractivity contribution is 5.99. The molecule has 0 saturated carbocycles. The van der Waals surface area contributed by atoms with Gasteiger partial charge in [0.2, 0.25) is 11.2 Å². The van der Waals surface area contributed by atoms with Crippen molar-refractivity contribution in [2.24, 2.45) is 0 Å². The molecular weight excluding hydrogens is 432 g/mol. The summed E-state index contributed by atoms with van der Waals surface area (Å²) in [6.45, 7) is 9.97. The first-order valence-corrected chi connectivity index (χ1v) is 11.3. The van der Waals surface area contributed by atoms with Gasteiger partial charge < -0.3 is 24.8 Å². The van der Waals surface area contributed by atoms with Crippen molar-refractivity contribution in [3.63, 3.8) is 0 Å². The van der Waals surface area contributed by atoms with Gasteiger partial charge in [0.1, 0.15) is 11.0 Å². The molecule has 0 radical (unpaired) electrons. The summed E-state index contributed by atoms with van der Waals surface area (Å²) < 4.78 is 5.75. The van der Waals surface area contributed by atoms with Gasteiger partial charge in [0, 0.05) is 5.56 Å². The SMILES string of the molecule is CC(C)=CCCC(C)=CCc1c(O)c(O)c2oc3ccc(O)c(O)c3c(=O)c2c1CC=C(C)C. The molecule has 6 heteroatoms. The van der Waals surface area contributed by atoms with Crippen LogP contribution < -0.4 is 5.43 Å². The molecule has 1 heterocycles. The Kier molecular flexibility index (Phi) is 7.40. The van der Waals surface area contributed by atoms with Crippen LogP contribution in [0.3, 0.4) is 0 Å². The van der Waals surface area contributed by atoms with E-state index < -0.39 is 22.7 Å². The summed E-state index contributed by atoms with van der Waals surface area (Å²) >= 11 is 0. The van der Waals surface area contributed by atoms with Gasteiger partial charge in [0.15, 0.2) is 22.8 Å². The summed E-state index contributed by atoms with van der Waals surface area (Å²) in [7, 11) is 0. The van der Waals surface area contributed by atoms with Crippen LogP contribution in [0.5, 0.6) is 23.0 Å². The second-order valence-electron chi connectivity index (χ2n) is 9.16. The van der Waals surface area contributed by atoms with Gasteiger partial charge in [-0.15, -0.1) is 0 Å². The van der Waals surface area contributed by atoms with Crippen LogP contribution in [0.1, 0.15) is 58.6 Å². The summed E-state index contributed by atoms with van der Waals surface area (Å²) in [6.07, 6.45) is 8.46. The molecule has 0 unspecified atom stereocenters. The van der Waals surface area contributed by atoms with E-state index in [2.05, 4.69) is 19.9 Å². The van der Waals surface area contributed by atoms with Crippen molar-refractivity contribution in [3.8, 4) is 23.0 Å². The molecule has 6 nitrogen and oxygen atoms in total. The molecular formula is C28H32O6. The highest BCUT2D eigenvalue weighted by Crippen LogP contribution is 2.43. The Hall–Kier alpha value is -3.67. The van der Waals surface area contributed by atoms with Crippen LogP contribution in [-0.4, -0.2) is 20.4 Å². The third-order valence-electron chi connectivity index (χ3n) is 5.86. The molecule has 1 aromatic heterocycles. The summed E-state index contributed by atoms with van der Waals surface area (Å²) in [5.74, 6) is -1.87. The van der Waals surface area contributed by atoms with Crippen molar-refractivity contribution in [2.45, 2.75) is 60.3 Å². The summed E-state index contributed by atoms with van der Waals surface area (Å²) in [6, 6.07) is 2.54. The lowest BCUT2D eigenvalue weighted by Gasteiger charge is -2.15. The second kappa shape index (κ2) is 10.1. The molecule has 3 rings (SSSR count). The monoisotopic (exact) mass is 464 g/mol. The van der Waals surface area contributed by atoms with Gasteiger partial charge in [-0.25, -0.2) is 0 Å². The maximum atomic E-state index is 13.5. The largest absolute Gasteiger partial charge is 0.504 e. The first-order valence-electron chi connectivity index (χ1n) is 11.3. The second-order valence-corrected chi connectivity index (χ2v) is 9.16. The summed E-state index contributed by atoms with van der Waals surface area (Å²) in [4.78, 5) is 13.5. The number of hydrogen-bond acceptors (Lipinski definition) is 6. The van der Waals surface area contributed by atoms with Gasteiger partial charge >= 0.3 is 0 Å². The highest BCUT2D eigenvalue weighted by Gasteiger charge is 2.24. The lowest BCUT2D eigenvalue weighted by Crippen LogP contribution is -2.08. The molecule has 2 aromatic carbocycles. The predicted molar refractivity (Wildman–Crippen MR) is 136 cm³/mol. The van der Waals surface area contributed by atoms with Crippen LogP contribution in [0.15, 0.2) is 56.3 Å². The average Bonchev–Trinajstić information content (AvgIpc) is 2.76. The van der Waals surface area contributed by atoms with E-state index in [0.717, 1.165) is 24.0 Å². The Morgan fingerprint density at radius 3 is 2.09 bits per heavy atom. The van der Waals surface area contributed by atoms with E-state index in [4.69, 9.17) is 4.42 Å². The van der Waals surface area contributed by atoms with Gasteiger partial charge in [0.05, 0.1) is 5.39 Å². The quantitative estimate of drug-likeness (QED) is 0.180. The van der Waals surface area contributed by atoms with Gasteiger partial charge in [-0.1, -0.05) is 34.9 Å². The van der Waals surface area contributed by atoms with Gasteiger partial charge in [-0.05, 0) is 78.0 Å². The predicted octanol–water partition coefficient (Wildman–Crippen LogP) is 6.51. The number of fused-ring (bicyclic) bond motifs is 2. The fourth-order valence-electron chi connectivity index (χ4n) is 3.96. The molecule has 0 saturated heterocycles. The molecule has 3 aromatic rings. The number of rotatable bonds is 7. The van der Waals surface area contributed by atoms with Crippen LogP contribution in [0.4, 0.5) is 0 Å². The molecule has 0 atom stereocenters. The van der Waals surface area contributed by atoms with Crippen molar-refractivity contribution in [1.82, 2.24) is 0 Å². The van der Waals surface area contributed by atoms with Gasteiger partial charge in [0.25, 0.3) is 0 Å². The van der Waals surface area contributed by atoms with Crippen LogP contribution in [0.25, 0.3) is 21.9 Å². The Labute approximate surface area is 198 Å². The van der Waals surface area contributed by atoms with Crippen LogP contribution in [-0.2, 0) is 12.8 Å². The maximum Gasteiger partial charge on any atom is 0.204 e. The zero-order valence-corrected chi connectivity index (χ0v) is 20.3. The van der Waals surface area contributed by atoms with E-state index in [9.17, 15) is 25.2 Å². The molecule has 34 heavy (non-hydrogen) atoms. The third kappa shape index (κ3) is 4.96. The standard InChI is InChI=1S/C28H32O6/c1-15(2)7-6-8-17(5)10-12-19-18(11-9-16(3)4)22-26(32)23-21(14-13-20(29)25(23)31)34-28(22)27(33)24(19)30/h7,9-10,13-14,29-31,33H,6,8,11-12H2,1-5H3. The Balaban J connectivity index is 2.29. The van der Waals surface area contributed by atoms with Crippen LogP contribution in [0, 0.1) is 0 Å². The maximum absolute atomic E-state index is 13.5. The smallest absolute Gasteiger partial charge is 0.204 e. The highest BCUT2D eigenvalue weighted by atomic mass is 16.4. The fraction of sp³-hybridized carbons (Fsp3) is 0.321. The van der Waals surface area contributed by atoms with Crippen molar-refractivity contribution < 1.29 is 24.8 Å². The average molecular weight is 465 g/mol. The zero-order chi connectivity index (χ0) is 25.2. The first-order chi connectivity index (χ1) is 16.0. The number of phenolic OH excluding ortho intramolecular Hbond substituents is 4. The summed E-state index contributed by atoms with van der Waals surface area (Å²) in [5.41, 5.74) is 3.60. The van der Waals surface area contributed by atoms with E-state index in [0.29, 0.717) is 24.0 Å². The van der Waals surface area contributed by atoms with Crippen LogP contribution >= 0.6 is 0 Å². The van der Waals surface area contributed by atoms with Crippen molar-refractivity contribution in [3.05, 3.63) is 68.4 Å². The van der Waals surface area contributed by atoms with E-state index >= 15 is 0 Å². The first kappa shape index (κ1) is 25.0. The number of hydrogen-bond donors (Lipinski definition) is 4. The van der Waals surface area contributed by atoms with Crippen molar-refractivity contribution >= 4 is 21.9 Å². The molecule has 4 N–H and O–H groups in total. The number of allylic oxidation sites excluding steroid dienone is 6. The Bertz CT molecular complexity index is 1390. The lowest BCUT2D eigenvalue weighted by molar-refractivity contribution is 0.396. The zero-order valence-electron chi connectivity index (χ0n) is 20.3. The molecule has 0 bridgehead atoms. The van der Waals surface area contributed by atoms with E-state index in [1.54, 1.807) is 0 Å². The van der Waals surface area contributed by atoms with Gasteiger partial charge in [-0.3, -0.25) is 4.79 Å². The number of benzene rings is 2. The minimum absolute atomic E-state index is 0.00146. The molecule has 0 fully saturated rings. The fourth-order valence-corrected chi connectivity index (χ4v) is 3.96. The number of aromatic hydroxyl groups is 4. The van der Waals surface area contributed by atoms with E-state index in [1.807, 2.05) is 32.9 Å². The number of phenols is 4. The van der Waals surface area contributed by atoms with Crippen LogP contribution in [0.2, 0.25) is 0 Å². The molecule has 180 valence electrons. The van der Waals surface area contributed by atoms with E-state index in [-0.39, 0.29) is 27.7 Å². The molecule has 0 aliphatic heterocycles. The lowest BCUT2D eigenvalue weighted by atomic mass is 9.93. The van der Waals surface area contributed by atoms with Crippen molar-refractivity contribution in [1.29, 1.82) is 0 Å². The normalized spacial score (nSPS) is 11.7. The molecule has 0 spiro atoms.